The van der Waals surface area contributed by atoms with Crippen molar-refractivity contribution in [2.75, 3.05) is 19.6 Å². The number of aryl methyl sites for hydroxylation is 1. The van der Waals surface area contributed by atoms with Gasteiger partial charge in [0.05, 0.1) is 6.54 Å². The molecule has 2 heterocycles. The maximum atomic E-state index is 12.5. The Kier molecular flexibility index (Phi) is 3.86. The molecule has 19 heavy (non-hydrogen) atoms. The van der Waals surface area contributed by atoms with E-state index in [1.807, 2.05) is 0 Å². The van der Waals surface area contributed by atoms with Crippen molar-refractivity contribution in [1.29, 1.82) is 0 Å². The third-order valence-corrected chi connectivity index (χ3v) is 3.97. The molecule has 0 atom stereocenters. The van der Waals surface area contributed by atoms with Crippen molar-refractivity contribution in [1.82, 2.24) is 9.47 Å². The molecule has 0 saturated carbocycles. The minimum absolute atomic E-state index is 0.0281. The van der Waals surface area contributed by atoms with Gasteiger partial charge >= 0.3 is 0 Å². The Balaban J connectivity index is 2.23. The van der Waals surface area contributed by atoms with Crippen molar-refractivity contribution in [2.24, 2.45) is 0 Å². The maximum absolute atomic E-state index is 12.5. The summed E-state index contributed by atoms with van der Waals surface area (Å²) in [4.78, 5) is 14.7. The van der Waals surface area contributed by atoms with E-state index in [-0.39, 0.29) is 11.3 Å². The fraction of sp³-hybridized carbons (Fsp3) is 0.688. The molecule has 3 heteroatoms. The SMILES string of the molecule is Cc1cc(C(=O)CN2CCCC2)c(C)n1C(C)(C)C. The van der Waals surface area contributed by atoms with Gasteiger partial charge in [-0.05, 0) is 66.6 Å². The van der Waals surface area contributed by atoms with Crippen molar-refractivity contribution < 1.29 is 4.79 Å². The van der Waals surface area contributed by atoms with Crippen LogP contribution in [-0.4, -0.2) is 34.9 Å². The van der Waals surface area contributed by atoms with Crippen LogP contribution < -0.4 is 0 Å². The van der Waals surface area contributed by atoms with Crippen molar-refractivity contribution >= 4 is 5.78 Å². The number of hydrogen-bond donors (Lipinski definition) is 0. The molecule has 1 aliphatic rings. The monoisotopic (exact) mass is 262 g/mol. The van der Waals surface area contributed by atoms with Crippen LogP contribution in [0.1, 0.15) is 55.4 Å². The van der Waals surface area contributed by atoms with Crippen LogP contribution >= 0.6 is 0 Å². The Labute approximate surface area is 116 Å². The molecule has 0 N–H and O–H groups in total. The zero-order valence-corrected chi connectivity index (χ0v) is 12.9. The van der Waals surface area contributed by atoms with Gasteiger partial charge in [-0.15, -0.1) is 0 Å². The molecule has 0 aliphatic carbocycles. The quantitative estimate of drug-likeness (QED) is 0.782. The van der Waals surface area contributed by atoms with Gasteiger partial charge < -0.3 is 4.57 Å². The molecule has 1 aliphatic heterocycles. The van der Waals surface area contributed by atoms with E-state index >= 15 is 0 Å². The number of rotatable bonds is 3. The Hall–Kier alpha value is -1.09. The van der Waals surface area contributed by atoms with Gasteiger partial charge in [-0.3, -0.25) is 9.69 Å². The first-order valence-corrected chi connectivity index (χ1v) is 7.25. The van der Waals surface area contributed by atoms with Gasteiger partial charge in [0.1, 0.15) is 0 Å². The molecule has 1 fully saturated rings. The predicted octanol–water partition coefficient (Wildman–Crippen LogP) is 3.14. The average molecular weight is 262 g/mol. The van der Waals surface area contributed by atoms with Crippen LogP contribution in [0.3, 0.4) is 0 Å². The second-order valence-electron chi connectivity index (χ2n) is 6.70. The lowest BCUT2D eigenvalue weighted by Gasteiger charge is -2.26. The molecule has 0 spiro atoms. The molecular weight excluding hydrogens is 236 g/mol. The topological polar surface area (TPSA) is 25.2 Å². The Morgan fingerprint density at radius 1 is 1.21 bits per heavy atom. The van der Waals surface area contributed by atoms with E-state index in [1.54, 1.807) is 0 Å². The van der Waals surface area contributed by atoms with Crippen LogP contribution in [0, 0.1) is 13.8 Å². The summed E-state index contributed by atoms with van der Waals surface area (Å²) in [6.45, 7) is 13.4. The van der Waals surface area contributed by atoms with Crippen molar-refractivity contribution in [3.8, 4) is 0 Å². The fourth-order valence-corrected chi connectivity index (χ4v) is 3.31. The van der Waals surface area contributed by atoms with Crippen molar-refractivity contribution in [3.63, 3.8) is 0 Å². The minimum Gasteiger partial charge on any atom is -0.343 e. The highest BCUT2D eigenvalue weighted by atomic mass is 16.1. The van der Waals surface area contributed by atoms with Crippen LogP contribution in [0.25, 0.3) is 0 Å². The Morgan fingerprint density at radius 3 is 2.26 bits per heavy atom. The lowest BCUT2D eigenvalue weighted by molar-refractivity contribution is 0.0944. The molecule has 1 aromatic rings. The molecule has 0 radical (unpaired) electrons. The summed E-state index contributed by atoms with van der Waals surface area (Å²) in [5.41, 5.74) is 3.21. The molecule has 0 aromatic carbocycles. The summed E-state index contributed by atoms with van der Waals surface area (Å²) < 4.78 is 2.27. The summed E-state index contributed by atoms with van der Waals surface area (Å²) in [6.07, 6.45) is 2.46. The van der Waals surface area contributed by atoms with Crippen LogP contribution in [0.4, 0.5) is 0 Å². The zero-order chi connectivity index (χ0) is 14.2. The maximum Gasteiger partial charge on any atom is 0.178 e. The molecule has 1 aromatic heterocycles. The van der Waals surface area contributed by atoms with E-state index in [4.69, 9.17) is 0 Å². The first-order valence-electron chi connectivity index (χ1n) is 7.25. The van der Waals surface area contributed by atoms with Crippen molar-refractivity contribution in [3.05, 3.63) is 23.0 Å². The van der Waals surface area contributed by atoms with Crippen molar-refractivity contribution in [2.45, 2.75) is 53.0 Å². The Morgan fingerprint density at radius 2 is 1.79 bits per heavy atom. The second-order valence-corrected chi connectivity index (χ2v) is 6.70. The van der Waals surface area contributed by atoms with Gasteiger partial charge in [0.2, 0.25) is 0 Å². The van der Waals surface area contributed by atoms with Crippen LogP contribution in [-0.2, 0) is 5.54 Å². The summed E-state index contributed by atoms with van der Waals surface area (Å²) >= 11 is 0. The predicted molar refractivity (Wildman–Crippen MR) is 78.9 cm³/mol. The summed E-state index contributed by atoms with van der Waals surface area (Å²) in [5.74, 6) is 0.269. The first-order chi connectivity index (χ1) is 8.80. The van der Waals surface area contributed by atoms with E-state index in [1.165, 1.54) is 18.5 Å². The molecule has 1 saturated heterocycles. The molecule has 3 nitrogen and oxygen atoms in total. The highest BCUT2D eigenvalue weighted by molar-refractivity contribution is 5.99. The molecule has 106 valence electrons. The highest BCUT2D eigenvalue weighted by Gasteiger charge is 2.24. The zero-order valence-electron chi connectivity index (χ0n) is 12.9. The van der Waals surface area contributed by atoms with Gasteiger partial charge in [-0.1, -0.05) is 0 Å². The highest BCUT2D eigenvalue weighted by Crippen LogP contribution is 2.25. The first kappa shape index (κ1) is 14.3. The van der Waals surface area contributed by atoms with E-state index in [0.29, 0.717) is 6.54 Å². The molecule has 0 unspecified atom stereocenters. The van der Waals surface area contributed by atoms with E-state index < -0.39 is 0 Å². The summed E-state index contributed by atoms with van der Waals surface area (Å²) in [5, 5.41) is 0. The Bertz CT molecular complexity index is 474. The third-order valence-electron chi connectivity index (χ3n) is 3.97. The summed E-state index contributed by atoms with van der Waals surface area (Å²) in [6, 6.07) is 2.05. The number of carbonyl (C=O) groups excluding carboxylic acids is 1. The molecule has 0 amide bonds. The van der Waals surface area contributed by atoms with Crippen LogP contribution in [0.2, 0.25) is 0 Å². The van der Waals surface area contributed by atoms with E-state index in [2.05, 4.69) is 50.2 Å². The van der Waals surface area contributed by atoms with E-state index in [0.717, 1.165) is 24.3 Å². The van der Waals surface area contributed by atoms with Crippen LogP contribution in [0.5, 0.6) is 0 Å². The van der Waals surface area contributed by atoms with Crippen LogP contribution in [0.15, 0.2) is 6.07 Å². The van der Waals surface area contributed by atoms with E-state index in [9.17, 15) is 4.79 Å². The standard InChI is InChI=1S/C16H26N2O/c1-12-10-14(13(2)18(12)16(3,4)5)15(19)11-17-8-6-7-9-17/h10H,6-9,11H2,1-5H3. The lowest BCUT2D eigenvalue weighted by atomic mass is 10.1. The minimum atomic E-state index is 0.0281. The lowest BCUT2D eigenvalue weighted by Crippen LogP contribution is -2.28. The van der Waals surface area contributed by atoms with Gasteiger partial charge in [-0.25, -0.2) is 0 Å². The smallest absolute Gasteiger partial charge is 0.178 e. The number of Topliss-reactive ketones (excluding diaryl/α,β-unsaturated/α-hetero) is 1. The molecule has 2 rings (SSSR count). The van der Waals surface area contributed by atoms with Gasteiger partial charge in [0, 0.05) is 22.5 Å². The fourth-order valence-electron chi connectivity index (χ4n) is 3.31. The van der Waals surface area contributed by atoms with Gasteiger partial charge in [0.25, 0.3) is 0 Å². The number of ketones is 1. The number of carbonyl (C=O) groups is 1. The van der Waals surface area contributed by atoms with Gasteiger partial charge in [-0.2, -0.15) is 0 Å². The van der Waals surface area contributed by atoms with Gasteiger partial charge in [0.15, 0.2) is 5.78 Å². The largest absolute Gasteiger partial charge is 0.343 e. The number of nitrogens with zero attached hydrogens (tertiary/aromatic N) is 2. The number of aromatic nitrogens is 1. The molecular formula is C16H26N2O. The average Bonchev–Trinajstić information content (AvgIpc) is 2.85. The third kappa shape index (κ3) is 2.92. The summed E-state index contributed by atoms with van der Waals surface area (Å²) in [7, 11) is 0. The second kappa shape index (κ2) is 5.12. The number of hydrogen-bond acceptors (Lipinski definition) is 2. The normalized spacial score (nSPS) is 17.1. The number of likely N-dealkylation sites (tertiary alicyclic amines) is 1. The molecule has 0 bridgehead atoms.